The van der Waals surface area contributed by atoms with Crippen LogP contribution in [0.3, 0.4) is 0 Å². The molecule has 0 unspecified atom stereocenters. The molecule has 0 N–H and O–H groups in total. The van der Waals surface area contributed by atoms with E-state index in [2.05, 4.69) is 6.92 Å². The molecular formula is C15H22Cl4O2. The molecule has 0 spiro atoms. The predicted octanol–water partition coefficient (Wildman–Crippen LogP) is 6.49. The van der Waals surface area contributed by atoms with Gasteiger partial charge >= 0.3 is 0 Å². The van der Waals surface area contributed by atoms with E-state index in [9.17, 15) is 0 Å². The molecule has 2 nitrogen and oxygen atoms in total. The molecule has 0 aromatic rings. The normalized spacial score (nSPS) is 18.0. The number of hydrogen-bond acceptors (Lipinski definition) is 2. The zero-order valence-corrected chi connectivity index (χ0v) is 15.5. The van der Waals surface area contributed by atoms with Crippen LogP contribution in [0.25, 0.3) is 0 Å². The molecule has 1 aliphatic rings. The van der Waals surface area contributed by atoms with E-state index in [1.807, 2.05) is 0 Å². The van der Waals surface area contributed by atoms with Crippen LogP contribution >= 0.6 is 46.4 Å². The van der Waals surface area contributed by atoms with E-state index < -0.39 is 5.79 Å². The summed E-state index contributed by atoms with van der Waals surface area (Å²) in [6.45, 7) is 2.70. The Morgan fingerprint density at radius 3 is 1.76 bits per heavy atom. The molecule has 0 fully saturated rings. The molecule has 0 aliphatic heterocycles. The lowest BCUT2D eigenvalue weighted by atomic mass is 10.1. The third kappa shape index (κ3) is 4.76. The monoisotopic (exact) mass is 374 g/mol. The van der Waals surface area contributed by atoms with Crippen molar-refractivity contribution in [2.24, 2.45) is 0 Å². The van der Waals surface area contributed by atoms with Gasteiger partial charge in [0.15, 0.2) is 0 Å². The molecule has 0 atom stereocenters. The first-order valence-corrected chi connectivity index (χ1v) is 8.83. The average Bonchev–Trinajstić information content (AvgIpc) is 2.65. The number of allylic oxidation sites excluding steroid dienone is 2. The van der Waals surface area contributed by atoms with Crippen molar-refractivity contribution in [2.75, 3.05) is 13.7 Å². The first-order valence-electron chi connectivity index (χ1n) is 7.32. The Morgan fingerprint density at radius 1 is 0.810 bits per heavy atom. The Bertz CT molecular complexity index is 380. The van der Waals surface area contributed by atoms with Crippen LogP contribution in [-0.2, 0) is 9.47 Å². The van der Waals surface area contributed by atoms with Gasteiger partial charge in [-0.3, -0.25) is 0 Å². The van der Waals surface area contributed by atoms with Crippen LogP contribution in [0.4, 0.5) is 0 Å². The predicted molar refractivity (Wildman–Crippen MR) is 91.1 cm³/mol. The molecule has 1 aliphatic carbocycles. The second kappa shape index (κ2) is 9.64. The Kier molecular flexibility index (Phi) is 9.00. The van der Waals surface area contributed by atoms with Crippen LogP contribution in [0, 0.1) is 0 Å². The number of methoxy groups -OCH3 is 1. The van der Waals surface area contributed by atoms with Gasteiger partial charge in [0.25, 0.3) is 0 Å². The van der Waals surface area contributed by atoms with Crippen molar-refractivity contribution >= 4 is 46.4 Å². The minimum absolute atomic E-state index is 0.185. The zero-order valence-electron chi connectivity index (χ0n) is 12.5. The van der Waals surface area contributed by atoms with Gasteiger partial charge in [-0.1, -0.05) is 91.9 Å². The van der Waals surface area contributed by atoms with Crippen LogP contribution < -0.4 is 0 Å². The van der Waals surface area contributed by atoms with Gasteiger partial charge < -0.3 is 9.47 Å². The SMILES string of the molecule is CCCCCCCCCOC1(OC)C(Cl)=C(Cl)C(Cl)=C1Cl. The third-order valence-electron chi connectivity index (χ3n) is 3.50. The maximum Gasteiger partial charge on any atom is 0.246 e. The van der Waals surface area contributed by atoms with E-state index in [1.54, 1.807) is 0 Å². The highest BCUT2D eigenvalue weighted by molar-refractivity contribution is 6.53. The number of rotatable bonds is 10. The summed E-state index contributed by atoms with van der Waals surface area (Å²) < 4.78 is 11.1. The van der Waals surface area contributed by atoms with E-state index in [4.69, 9.17) is 55.9 Å². The fourth-order valence-electron chi connectivity index (χ4n) is 2.22. The highest BCUT2D eigenvalue weighted by Gasteiger charge is 2.47. The van der Waals surface area contributed by atoms with E-state index in [-0.39, 0.29) is 20.1 Å². The van der Waals surface area contributed by atoms with Crippen LogP contribution in [0.5, 0.6) is 0 Å². The highest BCUT2D eigenvalue weighted by atomic mass is 35.5. The lowest BCUT2D eigenvalue weighted by Crippen LogP contribution is -2.35. The first-order chi connectivity index (χ1) is 10.0. The van der Waals surface area contributed by atoms with E-state index in [1.165, 1.54) is 39.2 Å². The van der Waals surface area contributed by atoms with E-state index >= 15 is 0 Å². The summed E-state index contributed by atoms with van der Waals surface area (Å²) in [6, 6.07) is 0. The number of ether oxygens (including phenoxy) is 2. The van der Waals surface area contributed by atoms with E-state index in [0.29, 0.717) is 6.61 Å². The van der Waals surface area contributed by atoms with E-state index in [0.717, 1.165) is 12.8 Å². The quantitative estimate of drug-likeness (QED) is 0.321. The Labute approximate surface area is 147 Å². The average molecular weight is 376 g/mol. The minimum Gasteiger partial charge on any atom is -0.344 e. The standard InChI is InChI=1S/C15H22Cl4O2/c1-3-4-5-6-7-8-9-10-21-15(20-2)13(18)11(16)12(17)14(15)19/h3-10H2,1-2H3. The van der Waals surface area contributed by atoms with Gasteiger partial charge in [-0.15, -0.1) is 0 Å². The third-order valence-corrected chi connectivity index (χ3v) is 5.42. The maximum atomic E-state index is 6.16. The minimum atomic E-state index is -1.33. The highest BCUT2D eigenvalue weighted by Crippen LogP contribution is 2.50. The van der Waals surface area contributed by atoms with Gasteiger partial charge in [0.05, 0.1) is 16.7 Å². The van der Waals surface area contributed by atoms with Crippen molar-refractivity contribution < 1.29 is 9.47 Å². The van der Waals surface area contributed by atoms with Crippen molar-refractivity contribution in [3.05, 3.63) is 20.1 Å². The number of unbranched alkanes of at least 4 members (excludes halogenated alkanes) is 6. The number of hydrogen-bond donors (Lipinski definition) is 0. The lowest BCUT2D eigenvalue weighted by molar-refractivity contribution is -0.159. The first kappa shape index (κ1) is 19.6. The summed E-state index contributed by atoms with van der Waals surface area (Å²) in [4.78, 5) is 0. The molecule has 0 bridgehead atoms. The van der Waals surface area contributed by atoms with Gasteiger partial charge in [-0.25, -0.2) is 0 Å². The fourth-order valence-corrected chi connectivity index (χ4v) is 3.44. The zero-order chi connectivity index (χ0) is 15.9. The summed E-state index contributed by atoms with van der Waals surface area (Å²) in [5.41, 5.74) is 0. The van der Waals surface area contributed by atoms with Crippen molar-refractivity contribution in [1.82, 2.24) is 0 Å². The second-order valence-corrected chi connectivity index (χ2v) is 6.56. The fraction of sp³-hybridized carbons (Fsp3) is 0.733. The van der Waals surface area contributed by atoms with Crippen LogP contribution in [-0.4, -0.2) is 19.5 Å². The van der Waals surface area contributed by atoms with Crippen molar-refractivity contribution in [3.63, 3.8) is 0 Å². The van der Waals surface area contributed by atoms with Crippen molar-refractivity contribution in [1.29, 1.82) is 0 Å². The molecule has 0 radical (unpaired) electrons. The molecule has 0 amide bonds. The van der Waals surface area contributed by atoms with Gasteiger partial charge in [-0.05, 0) is 6.42 Å². The van der Waals surface area contributed by atoms with Crippen LogP contribution in [0.1, 0.15) is 51.9 Å². The second-order valence-electron chi connectivity index (χ2n) is 5.05. The topological polar surface area (TPSA) is 18.5 Å². The van der Waals surface area contributed by atoms with Crippen molar-refractivity contribution in [3.8, 4) is 0 Å². The molecule has 0 heterocycles. The Balaban J connectivity index is 2.39. The van der Waals surface area contributed by atoms with Gasteiger partial charge in [-0.2, -0.15) is 0 Å². The molecule has 0 saturated carbocycles. The van der Waals surface area contributed by atoms with Crippen molar-refractivity contribution in [2.45, 2.75) is 57.7 Å². The molecular weight excluding hydrogens is 354 g/mol. The summed E-state index contributed by atoms with van der Waals surface area (Å²) in [7, 11) is 1.47. The molecule has 122 valence electrons. The molecule has 0 aromatic carbocycles. The van der Waals surface area contributed by atoms with Gasteiger partial charge in [0.2, 0.25) is 5.79 Å². The largest absolute Gasteiger partial charge is 0.344 e. The smallest absolute Gasteiger partial charge is 0.246 e. The Hall–Kier alpha value is 0.560. The molecule has 0 saturated heterocycles. The van der Waals surface area contributed by atoms with Gasteiger partial charge in [0, 0.05) is 7.11 Å². The van der Waals surface area contributed by atoms with Gasteiger partial charge in [0.1, 0.15) is 10.1 Å². The van der Waals surface area contributed by atoms with Crippen LogP contribution in [0.2, 0.25) is 0 Å². The molecule has 0 aromatic heterocycles. The van der Waals surface area contributed by atoms with Crippen LogP contribution in [0.15, 0.2) is 20.1 Å². The molecule has 6 heteroatoms. The summed E-state index contributed by atoms with van der Waals surface area (Å²) >= 11 is 24.3. The number of halogens is 4. The Morgan fingerprint density at radius 2 is 1.29 bits per heavy atom. The summed E-state index contributed by atoms with van der Waals surface area (Å²) in [5.74, 6) is -1.33. The maximum absolute atomic E-state index is 6.16. The lowest BCUT2D eigenvalue weighted by Gasteiger charge is -2.28. The summed E-state index contributed by atoms with van der Waals surface area (Å²) in [6.07, 6.45) is 8.36. The molecule has 21 heavy (non-hydrogen) atoms. The summed E-state index contributed by atoms with van der Waals surface area (Å²) in [5, 5.41) is 0.740. The molecule has 1 rings (SSSR count).